The standard InChI is InChI=1S/C20H39N5/c1-6-21-20(22-11-9-14-25(17(2)3)18(4)5)24-15-10-19(16-24)23-12-7-8-13-23/h7-8,17-19H,6,9-16H2,1-5H3,(H,21,22). The third-order valence-electron chi connectivity index (χ3n) is 5.32. The molecule has 0 aromatic carbocycles. The van der Waals surface area contributed by atoms with E-state index in [4.69, 9.17) is 4.99 Å². The highest BCUT2D eigenvalue weighted by Gasteiger charge is 2.29. The van der Waals surface area contributed by atoms with Gasteiger partial charge in [-0.25, -0.2) is 0 Å². The lowest BCUT2D eigenvalue weighted by Gasteiger charge is -2.30. The predicted molar refractivity (Wildman–Crippen MR) is 108 cm³/mol. The van der Waals surface area contributed by atoms with E-state index in [1.165, 1.54) is 6.42 Å². The van der Waals surface area contributed by atoms with E-state index >= 15 is 0 Å². The summed E-state index contributed by atoms with van der Waals surface area (Å²) in [5.74, 6) is 1.11. The van der Waals surface area contributed by atoms with Crippen LogP contribution in [0.5, 0.6) is 0 Å². The van der Waals surface area contributed by atoms with Gasteiger partial charge in [0.1, 0.15) is 0 Å². The Morgan fingerprint density at radius 3 is 2.48 bits per heavy atom. The molecule has 0 aromatic rings. The highest BCUT2D eigenvalue weighted by atomic mass is 15.3. The fraction of sp³-hybridized carbons (Fsp3) is 0.850. The van der Waals surface area contributed by atoms with E-state index in [9.17, 15) is 0 Å². The zero-order valence-corrected chi connectivity index (χ0v) is 17.0. The van der Waals surface area contributed by atoms with Gasteiger partial charge in [-0.05, 0) is 47.5 Å². The number of nitrogens with zero attached hydrogens (tertiary/aromatic N) is 4. The Labute approximate surface area is 155 Å². The van der Waals surface area contributed by atoms with E-state index in [-0.39, 0.29) is 0 Å². The molecule has 1 fully saturated rings. The monoisotopic (exact) mass is 349 g/mol. The number of likely N-dealkylation sites (tertiary alicyclic amines) is 1. The summed E-state index contributed by atoms with van der Waals surface area (Å²) in [6.45, 7) is 18.7. The molecule has 0 radical (unpaired) electrons. The summed E-state index contributed by atoms with van der Waals surface area (Å²) in [5, 5.41) is 3.50. The third kappa shape index (κ3) is 6.00. The molecule has 1 atom stereocenters. The Hall–Kier alpha value is -1.07. The van der Waals surface area contributed by atoms with Crippen molar-refractivity contribution in [2.45, 2.75) is 65.6 Å². The summed E-state index contributed by atoms with van der Waals surface area (Å²) in [7, 11) is 0. The maximum absolute atomic E-state index is 4.92. The van der Waals surface area contributed by atoms with Crippen LogP contribution in [0.25, 0.3) is 0 Å². The van der Waals surface area contributed by atoms with Gasteiger partial charge in [-0.3, -0.25) is 14.8 Å². The van der Waals surface area contributed by atoms with Crippen molar-refractivity contribution in [3.8, 4) is 0 Å². The van der Waals surface area contributed by atoms with Gasteiger partial charge in [-0.15, -0.1) is 0 Å². The highest BCUT2D eigenvalue weighted by Crippen LogP contribution is 2.18. The molecule has 5 heteroatoms. The molecule has 1 unspecified atom stereocenters. The molecule has 0 aliphatic carbocycles. The van der Waals surface area contributed by atoms with Gasteiger partial charge in [-0.1, -0.05) is 12.2 Å². The molecule has 2 heterocycles. The van der Waals surface area contributed by atoms with E-state index in [2.05, 4.69) is 66.8 Å². The Morgan fingerprint density at radius 1 is 1.20 bits per heavy atom. The van der Waals surface area contributed by atoms with E-state index in [0.29, 0.717) is 18.1 Å². The van der Waals surface area contributed by atoms with Crippen LogP contribution in [0.3, 0.4) is 0 Å². The van der Waals surface area contributed by atoms with Crippen LogP contribution in [0.4, 0.5) is 0 Å². The van der Waals surface area contributed by atoms with Crippen molar-refractivity contribution in [3.63, 3.8) is 0 Å². The quantitative estimate of drug-likeness (QED) is 0.316. The van der Waals surface area contributed by atoms with Gasteiger partial charge in [-0.2, -0.15) is 0 Å². The number of hydrogen-bond acceptors (Lipinski definition) is 3. The Balaban J connectivity index is 1.82. The average Bonchev–Trinajstić information content (AvgIpc) is 3.23. The first-order valence-electron chi connectivity index (χ1n) is 10.2. The summed E-state index contributed by atoms with van der Waals surface area (Å²) in [4.78, 5) is 12.5. The molecule has 5 nitrogen and oxygen atoms in total. The second kappa shape index (κ2) is 10.2. The van der Waals surface area contributed by atoms with Crippen LogP contribution in [0.1, 0.15) is 47.5 Å². The first-order valence-corrected chi connectivity index (χ1v) is 10.2. The van der Waals surface area contributed by atoms with Crippen molar-refractivity contribution in [2.75, 3.05) is 45.8 Å². The fourth-order valence-electron chi connectivity index (χ4n) is 4.00. The van der Waals surface area contributed by atoms with Gasteiger partial charge in [0, 0.05) is 63.9 Å². The number of aliphatic imine (C=N–C) groups is 1. The molecule has 0 amide bonds. The Bertz CT molecular complexity index is 427. The number of nitrogens with one attached hydrogen (secondary N) is 1. The molecule has 144 valence electrons. The summed E-state index contributed by atoms with van der Waals surface area (Å²) in [6, 6.07) is 1.88. The van der Waals surface area contributed by atoms with Gasteiger partial charge < -0.3 is 10.2 Å². The summed E-state index contributed by atoms with van der Waals surface area (Å²) >= 11 is 0. The second-order valence-corrected chi connectivity index (χ2v) is 7.83. The van der Waals surface area contributed by atoms with E-state index in [1.807, 2.05) is 0 Å². The van der Waals surface area contributed by atoms with Crippen molar-refractivity contribution in [1.82, 2.24) is 20.0 Å². The molecule has 0 spiro atoms. The van der Waals surface area contributed by atoms with Crippen molar-refractivity contribution in [2.24, 2.45) is 4.99 Å². The first kappa shape index (κ1) is 20.2. The van der Waals surface area contributed by atoms with E-state index in [0.717, 1.165) is 58.2 Å². The van der Waals surface area contributed by atoms with Crippen molar-refractivity contribution in [3.05, 3.63) is 12.2 Å². The zero-order chi connectivity index (χ0) is 18.2. The minimum atomic E-state index is 0.602. The van der Waals surface area contributed by atoms with Crippen molar-refractivity contribution < 1.29 is 0 Å². The van der Waals surface area contributed by atoms with Crippen molar-refractivity contribution >= 4 is 5.96 Å². The van der Waals surface area contributed by atoms with Gasteiger partial charge in [0.25, 0.3) is 0 Å². The van der Waals surface area contributed by atoms with Gasteiger partial charge in [0.05, 0.1) is 0 Å². The normalized spacial score (nSPS) is 22.2. The van der Waals surface area contributed by atoms with E-state index in [1.54, 1.807) is 0 Å². The molecule has 25 heavy (non-hydrogen) atoms. The molecular formula is C20H39N5. The average molecular weight is 350 g/mol. The Kier molecular flexibility index (Phi) is 8.24. The SMILES string of the molecule is CCNC(=NCCCN(C(C)C)C(C)C)N1CCC(N2CC=CC2)C1. The zero-order valence-electron chi connectivity index (χ0n) is 17.0. The minimum absolute atomic E-state index is 0.602. The largest absolute Gasteiger partial charge is 0.357 e. The third-order valence-corrected chi connectivity index (χ3v) is 5.32. The molecule has 2 aliphatic heterocycles. The molecule has 0 saturated carbocycles. The molecule has 0 bridgehead atoms. The smallest absolute Gasteiger partial charge is 0.193 e. The number of guanidine groups is 1. The lowest BCUT2D eigenvalue weighted by atomic mass is 10.2. The molecule has 0 aromatic heterocycles. The minimum Gasteiger partial charge on any atom is -0.357 e. The summed E-state index contributed by atoms with van der Waals surface area (Å²) in [5.41, 5.74) is 0. The summed E-state index contributed by atoms with van der Waals surface area (Å²) < 4.78 is 0. The van der Waals surface area contributed by atoms with Crippen LogP contribution in [-0.2, 0) is 0 Å². The van der Waals surface area contributed by atoms with Crippen LogP contribution in [0.2, 0.25) is 0 Å². The fourth-order valence-corrected chi connectivity index (χ4v) is 4.00. The van der Waals surface area contributed by atoms with Crippen LogP contribution in [-0.4, -0.2) is 84.6 Å². The topological polar surface area (TPSA) is 34.1 Å². The highest BCUT2D eigenvalue weighted by molar-refractivity contribution is 5.80. The molecule has 2 aliphatic rings. The van der Waals surface area contributed by atoms with Crippen molar-refractivity contribution in [1.29, 1.82) is 0 Å². The van der Waals surface area contributed by atoms with Gasteiger partial charge >= 0.3 is 0 Å². The number of hydrogen-bond donors (Lipinski definition) is 1. The van der Waals surface area contributed by atoms with Crippen LogP contribution in [0, 0.1) is 0 Å². The van der Waals surface area contributed by atoms with Crippen LogP contribution < -0.4 is 5.32 Å². The molecule has 2 rings (SSSR count). The molecule has 1 N–H and O–H groups in total. The van der Waals surface area contributed by atoms with Crippen LogP contribution >= 0.6 is 0 Å². The lowest BCUT2D eigenvalue weighted by Crippen LogP contribution is -2.43. The molecular weight excluding hydrogens is 310 g/mol. The molecule has 1 saturated heterocycles. The summed E-state index contributed by atoms with van der Waals surface area (Å²) in [6.07, 6.45) is 6.95. The van der Waals surface area contributed by atoms with E-state index < -0.39 is 0 Å². The number of rotatable bonds is 8. The lowest BCUT2D eigenvalue weighted by molar-refractivity contribution is 0.174. The van der Waals surface area contributed by atoms with Crippen LogP contribution in [0.15, 0.2) is 17.1 Å². The predicted octanol–water partition coefficient (Wildman–Crippen LogP) is 2.41. The second-order valence-electron chi connectivity index (χ2n) is 7.83. The maximum Gasteiger partial charge on any atom is 0.193 e. The Morgan fingerprint density at radius 2 is 1.88 bits per heavy atom. The van der Waals surface area contributed by atoms with Gasteiger partial charge in [0.2, 0.25) is 0 Å². The van der Waals surface area contributed by atoms with Gasteiger partial charge in [0.15, 0.2) is 5.96 Å². The maximum atomic E-state index is 4.92. The first-order chi connectivity index (χ1) is 12.0.